The molecule has 0 aromatic carbocycles. The van der Waals surface area contributed by atoms with E-state index in [1.807, 2.05) is 22.6 Å². The average molecular weight is 382 g/mol. The third kappa shape index (κ3) is 2.50. The van der Waals surface area contributed by atoms with E-state index in [0.29, 0.717) is 14.6 Å². The molecule has 1 nitrogen and oxygen atoms in total. The summed E-state index contributed by atoms with van der Waals surface area (Å²) in [5, 5.41) is 0.464. The van der Waals surface area contributed by atoms with Gasteiger partial charge in [0, 0.05) is 15.1 Å². The summed E-state index contributed by atoms with van der Waals surface area (Å²) >= 11 is 10.6. The lowest BCUT2D eigenvalue weighted by Crippen LogP contribution is -1.98. The molecule has 1 aromatic heterocycles. The summed E-state index contributed by atoms with van der Waals surface area (Å²) in [6.45, 7) is 0. The summed E-state index contributed by atoms with van der Waals surface area (Å²) in [7, 11) is 0. The molecule has 0 aliphatic rings. The Hall–Kier alpha value is 0.510. The van der Waals surface area contributed by atoms with Gasteiger partial charge in [0.15, 0.2) is 0 Å². The predicted molar refractivity (Wildman–Crippen MR) is 59.6 cm³/mol. The van der Waals surface area contributed by atoms with Crippen LogP contribution in [0, 0.1) is 3.57 Å². The van der Waals surface area contributed by atoms with Gasteiger partial charge in [-0.25, -0.2) is 8.78 Å². The Morgan fingerprint density at radius 1 is 1.62 bits per heavy atom. The Labute approximate surface area is 101 Å². The highest BCUT2D eigenvalue weighted by Gasteiger charge is 2.18. The van der Waals surface area contributed by atoms with Crippen LogP contribution in [0.25, 0.3) is 0 Å². The van der Waals surface area contributed by atoms with Crippen molar-refractivity contribution in [2.24, 2.45) is 0 Å². The molecule has 0 aliphatic heterocycles. The van der Waals surface area contributed by atoms with Crippen molar-refractivity contribution >= 4 is 50.1 Å². The molecule has 0 amide bonds. The van der Waals surface area contributed by atoms with Gasteiger partial charge in [0.2, 0.25) is 0 Å². The first kappa shape index (κ1) is 11.6. The fourth-order valence-electron chi connectivity index (χ4n) is 0.814. The maximum atomic E-state index is 12.5. The molecule has 1 aromatic rings. The molecule has 1 rings (SSSR count). The van der Waals surface area contributed by atoms with E-state index in [0.717, 1.165) is 0 Å². The van der Waals surface area contributed by atoms with Gasteiger partial charge in [-0.3, -0.25) is 4.98 Å². The van der Waals surface area contributed by atoms with E-state index in [4.69, 9.17) is 11.6 Å². The minimum atomic E-state index is -2.56. The van der Waals surface area contributed by atoms with Gasteiger partial charge in [-0.05, 0) is 22.6 Å². The average Bonchev–Trinajstić information content (AvgIpc) is 2.04. The topological polar surface area (TPSA) is 12.9 Å². The Balaban J connectivity index is 3.30. The molecule has 72 valence electrons. The van der Waals surface area contributed by atoms with Gasteiger partial charge in [0.05, 0.1) is 16.3 Å². The summed E-state index contributed by atoms with van der Waals surface area (Å²) in [6, 6.07) is 0. The van der Waals surface area contributed by atoms with Crippen LogP contribution in [0.1, 0.15) is 17.7 Å². The highest BCUT2D eigenvalue weighted by Crippen LogP contribution is 2.32. The monoisotopic (exact) mass is 381 g/mol. The van der Waals surface area contributed by atoms with Gasteiger partial charge in [0.25, 0.3) is 6.43 Å². The van der Waals surface area contributed by atoms with Crippen LogP contribution < -0.4 is 0 Å². The summed E-state index contributed by atoms with van der Waals surface area (Å²) < 4.78 is 25.4. The van der Waals surface area contributed by atoms with E-state index in [1.54, 1.807) is 0 Å². The van der Waals surface area contributed by atoms with Crippen LogP contribution >= 0.6 is 50.1 Å². The highest BCUT2D eigenvalue weighted by molar-refractivity contribution is 14.1. The molecule has 0 aliphatic carbocycles. The lowest BCUT2D eigenvalue weighted by molar-refractivity contribution is 0.150. The summed E-state index contributed by atoms with van der Waals surface area (Å²) in [6.07, 6.45) is -1.30. The van der Waals surface area contributed by atoms with Crippen LogP contribution in [0.5, 0.6) is 0 Å². The van der Waals surface area contributed by atoms with Crippen LogP contribution in [-0.2, 0) is 5.33 Å². The zero-order chi connectivity index (χ0) is 10.0. The fraction of sp³-hybridized carbons (Fsp3) is 0.286. The number of nitrogens with zero attached hydrogens (tertiary/aromatic N) is 1. The van der Waals surface area contributed by atoms with Crippen LogP contribution in [0.2, 0.25) is 5.02 Å². The van der Waals surface area contributed by atoms with Gasteiger partial charge in [-0.15, -0.1) is 0 Å². The van der Waals surface area contributed by atoms with Crippen molar-refractivity contribution < 1.29 is 8.78 Å². The van der Waals surface area contributed by atoms with Gasteiger partial charge < -0.3 is 0 Å². The number of alkyl halides is 3. The van der Waals surface area contributed by atoms with Gasteiger partial charge >= 0.3 is 0 Å². The van der Waals surface area contributed by atoms with Gasteiger partial charge in [0.1, 0.15) is 0 Å². The quantitative estimate of drug-likeness (QED) is 0.553. The van der Waals surface area contributed by atoms with Crippen LogP contribution in [0.3, 0.4) is 0 Å². The fourth-order valence-corrected chi connectivity index (χ4v) is 3.00. The predicted octanol–water partition coefficient (Wildman–Crippen LogP) is 4.17. The Bertz CT molecular complexity index is 322. The molecule has 1 heterocycles. The van der Waals surface area contributed by atoms with E-state index in [-0.39, 0.29) is 10.6 Å². The van der Waals surface area contributed by atoms with Crippen LogP contribution in [0.15, 0.2) is 6.20 Å². The summed E-state index contributed by atoms with van der Waals surface area (Å²) in [4.78, 5) is 3.92. The molecule has 0 atom stereocenters. The highest BCUT2D eigenvalue weighted by atomic mass is 127. The number of rotatable bonds is 2. The molecule has 0 radical (unpaired) electrons. The third-order valence-electron chi connectivity index (χ3n) is 1.43. The molecular weight excluding hydrogens is 378 g/mol. The SMILES string of the molecule is FC(F)c1c(Cl)cnc(CBr)c1I. The smallest absolute Gasteiger partial charge is 0.258 e. The largest absolute Gasteiger partial charge is 0.266 e. The molecule has 0 fully saturated rings. The first-order valence-electron chi connectivity index (χ1n) is 3.24. The molecule has 0 N–H and O–H groups in total. The zero-order valence-electron chi connectivity index (χ0n) is 6.20. The van der Waals surface area contributed by atoms with E-state index in [9.17, 15) is 8.78 Å². The minimum Gasteiger partial charge on any atom is -0.258 e. The standard InChI is InChI=1S/C7H4BrClF2IN/c8-1-4-6(12)5(7(10)11)3(9)2-13-4/h2,7H,1H2. The maximum absolute atomic E-state index is 12.5. The molecule has 0 bridgehead atoms. The van der Waals surface area contributed by atoms with Crippen molar-refractivity contribution in [2.45, 2.75) is 11.8 Å². The minimum absolute atomic E-state index is 0.0177. The van der Waals surface area contributed by atoms with E-state index in [1.165, 1.54) is 6.20 Å². The summed E-state index contributed by atoms with van der Waals surface area (Å²) in [5.41, 5.74) is 0.451. The third-order valence-corrected chi connectivity index (χ3v) is 3.46. The number of pyridine rings is 1. The van der Waals surface area contributed by atoms with Crippen molar-refractivity contribution in [3.05, 3.63) is 26.0 Å². The molecular formula is C7H4BrClF2IN. The molecule has 0 spiro atoms. The second-order valence-electron chi connectivity index (χ2n) is 2.21. The van der Waals surface area contributed by atoms with Crippen LogP contribution in [0.4, 0.5) is 8.78 Å². The van der Waals surface area contributed by atoms with E-state index < -0.39 is 6.43 Å². The van der Waals surface area contributed by atoms with Crippen molar-refractivity contribution in [1.82, 2.24) is 4.98 Å². The lowest BCUT2D eigenvalue weighted by Gasteiger charge is -2.08. The number of halogens is 5. The zero-order valence-corrected chi connectivity index (χ0v) is 10.7. The van der Waals surface area contributed by atoms with Crippen molar-refractivity contribution in [3.63, 3.8) is 0 Å². The molecule has 0 saturated heterocycles. The Morgan fingerprint density at radius 3 is 2.69 bits per heavy atom. The first-order valence-corrected chi connectivity index (χ1v) is 5.82. The number of hydrogen-bond acceptors (Lipinski definition) is 1. The van der Waals surface area contributed by atoms with E-state index >= 15 is 0 Å². The Kier molecular flexibility index (Phi) is 4.31. The molecule has 0 saturated carbocycles. The molecule has 0 unspecified atom stereocenters. The molecule has 6 heteroatoms. The molecule has 13 heavy (non-hydrogen) atoms. The first-order chi connectivity index (χ1) is 6.07. The summed E-state index contributed by atoms with van der Waals surface area (Å²) in [5.74, 6) is 0. The van der Waals surface area contributed by atoms with Crippen molar-refractivity contribution in [1.29, 1.82) is 0 Å². The van der Waals surface area contributed by atoms with Crippen molar-refractivity contribution in [3.8, 4) is 0 Å². The van der Waals surface area contributed by atoms with Crippen LogP contribution in [-0.4, -0.2) is 4.98 Å². The number of aromatic nitrogens is 1. The second kappa shape index (κ2) is 4.84. The van der Waals surface area contributed by atoms with Crippen molar-refractivity contribution in [2.75, 3.05) is 0 Å². The van der Waals surface area contributed by atoms with Gasteiger partial charge in [-0.2, -0.15) is 0 Å². The number of hydrogen-bond donors (Lipinski definition) is 0. The van der Waals surface area contributed by atoms with Gasteiger partial charge in [-0.1, -0.05) is 27.5 Å². The van der Waals surface area contributed by atoms with E-state index in [2.05, 4.69) is 20.9 Å². The second-order valence-corrected chi connectivity index (χ2v) is 4.26. The Morgan fingerprint density at radius 2 is 2.23 bits per heavy atom. The maximum Gasteiger partial charge on any atom is 0.266 e. The lowest BCUT2D eigenvalue weighted by atomic mass is 10.2. The normalized spacial score (nSPS) is 10.9.